The fourth-order valence-electron chi connectivity index (χ4n) is 4.46. The standard InChI is InChI=1S/C27H28N2O7/c1-17-9-10-19(13-21(17)29(31)32)27(30)28-12-11-18-14-25(34-3)26(35-4)15-20(18)22(28)16-36-24-8-6-5-7-23(24)33-2/h5-10,13-15,22H,11-12,16H2,1-4H3/t22-/m1/s1. The molecular formula is C27H28N2O7. The topological polar surface area (TPSA) is 100 Å². The van der Waals surface area contributed by atoms with E-state index in [1.807, 2.05) is 24.3 Å². The molecule has 0 radical (unpaired) electrons. The van der Waals surface area contributed by atoms with Crippen LogP contribution in [0.25, 0.3) is 0 Å². The van der Waals surface area contributed by atoms with E-state index in [0.29, 0.717) is 41.5 Å². The molecule has 1 amide bonds. The van der Waals surface area contributed by atoms with Gasteiger partial charge in [0.25, 0.3) is 11.6 Å². The number of amides is 1. The molecule has 1 aliphatic rings. The largest absolute Gasteiger partial charge is 0.493 e. The fourth-order valence-corrected chi connectivity index (χ4v) is 4.46. The van der Waals surface area contributed by atoms with Gasteiger partial charge in [-0.05, 0) is 54.8 Å². The number of nitrogens with zero attached hydrogens (tertiary/aromatic N) is 2. The molecule has 0 fully saturated rings. The van der Waals surface area contributed by atoms with E-state index in [4.69, 9.17) is 18.9 Å². The average molecular weight is 493 g/mol. The van der Waals surface area contributed by atoms with E-state index >= 15 is 0 Å². The number of rotatable bonds is 8. The summed E-state index contributed by atoms with van der Waals surface area (Å²) in [6, 6.07) is 15.1. The third kappa shape index (κ3) is 4.77. The number of carbonyl (C=O) groups is 1. The van der Waals surface area contributed by atoms with Crippen molar-refractivity contribution in [3.63, 3.8) is 0 Å². The minimum Gasteiger partial charge on any atom is -0.493 e. The minimum atomic E-state index is -0.480. The number of hydrogen-bond acceptors (Lipinski definition) is 7. The van der Waals surface area contributed by atoms with Crippen molar-refractivity contribution in [2.24, 2.45) is 0 Å². The van der Waals surface area contributed by atoms with E-state index in [2.05, 4.69) is 0 Å². The van der Waals surface area contributed by atoms with Gasteiger partial charge in [0, 0.05) is 23.7 Å². The van der Waals surface area contributed by atoms with Gasteiger partial charge in [-0.15, -0.1) is 0 Å². The van der Waals surface area contributed by atoms with Crippen LogP contribution in [0.15, 0.2) is 54.6 Å². The van der Waals surface area contributed by atoms with Crippen LogP contribution in [0, 0.1) is 17.0 Å². The van der Waals surface area contributed by atoms with E-state index in [0.717, 1.165) is 11.1 Å². The molecule has 0 spiro atoms. The Hall–Kier alpha value is -4.27. The number of fused-ring (bicyclic) bond motifs is 1. The molecule has 9 nitrogen and oxygen atoms in total. The van der Waals surface area contributed by atoms with E-state index in [9.17, 15) is 14.9 Å². The molecule has 3 aromatic carbocycles. The van der Waals surface area contributed by atoms with Crippen molar-refractivity contribution in [1.29, 1.82) is 0 Å². The number of ether oxygens (including phenoxy) is 4. The van der Waals surface area contributed by atoms with Crippen LogP contribution >= 0.6 is 0 Å². The second-order valence-electron chi connectivity index (χ2n) is 8.39. The summed E-state index contributed by atoms with van der Waals surface area (Å²) >= 11 is 0. The molecule has 3 aromatic rings. The van der Waals surface area contributed by atoms with Gasteiger partial charge in [-0.2, -0.15) is 0 Å². The molecule has 0 aliphatic carbocycles. The maximum absolute atomic E-state index is 13.7. The first-order valence-corrected chi connectivity index (χ1v) is 11.4. The summed E-state index contributed by atoms with van der Waals surface area (Å²) in [6.07, 6.45) is 0.584. The van der Waals surface area contributed by atoms with E-state index in [1.165, 1.54) is 6.07 Å². The molecular weight excluding hydrogens is 464 g/mol. The van der Waals surface area contributed by atoms with Crippen molar-refractivity contribution < 1.29 is 28.7 Å². The normalized spacial score (nSPS) is 14.6. The highest BCUT2D eigenvalue weighted by atomic mass is 16.6. The molecule has 0 aromatic heterocycles. The molecule has 36 heavy (non-hydrogen) atoms. The summed E-state index contributed by atoms with van der Waals surface area (Å²) in [5.74, 6) is 1.96. The summed E-state index contributed by atoms with van der Waals surface area (Å²) in [6.45, 7) is 2.19. The molecule has 0 saturated carbocycles. The van der Waals surface area contributed by atoms with Crippen LogP contribution in [0.2, 0.25) is 0 Å². The zero-order chi connectivity index (χ0) is 25.8. The predicted molar refractivity (Wildman–Crippen MR) is 133 cm³/mol. The highest BCUT2D eigenvalue weighted by Crippen LogP contribution is 2.39. The second-order valence-corrected chi connectivity index (χ2v) is 8.39. The predicted octanol–water partition coefficient (Wildman–Crippen LogP) is 4.75. The van der Waals surface area contributed by atoms with Crippen LogP contribution in [0.4, 0.5) is 5.69 Å². The van der Waals surface area contributed by atoms with Gasteiger partial charge >= 0.3 is 0 Å². The average Bonchev–Trinajstić information content (AvgIpc) is 2.90. The first-order chi connectivity index (χ1) is 17.4. The summed E-state index contributed by atoms with van der Waals surface area (Å²) in [5, 5.41) is 11.5. The maximum Gasteiger partial charge on any atom is 0.273 e. The number of benzene rings is 3. The monoisotopic (exact) mass is 492 g/mol. The van der Waals surface area contributed by atoms with Crippen molar-refractivity contribution in [1.82, 2.24) is 4.90 Å². The highest BCUT2D eigenvalue weighted by molar-refractivity contribution is 5.95. The van der Waals surface area contributed by atoms with Crippen LogP contribution in [0.3, 0.4) is 0 Å². The number of carbonyl (C=O) groups excluding carboxylic acids is 1. The summed E-state index contributed by atoms with van der Waals surface area (Å²) in [7, 11) is 4.70. The molecule has 4 rings (SSSR count). The van der Waals surface area contributed by atoms with Gasteiger partial charge in [0.2, 0.25) is 0 Å². The lowest BCUT2D eigenvalue weighted by Crippen LogP contribution is -2.42. The van der Waals surface area contributed by atoms with Crippen molar-refractivity contribution >= 4 is 11.6 Å². The van der Waals surface area contributed by atoms with Gasteiger partial charge in [-0.1, -0.05) is 18.2 Å². The van der Waals surface area contributed by atoms with E-state index in [-0.39, 0.29) is 23.8 Å². The number of para-hydroxylation sites is 2. The molecule has 0 bridgehead atoms. The van der Waals surface area contributed by atoms with Crippen molar-refractivity contribution in [3.8, 4) is 23.0 Å². The van der Waals surface area contributed by atoms with Crippen molar-refractivity contribution in [2.45, 2.75) is 19.4 Å². The Balaban J connectivity index is 1.74. The van der Waals surface area contributed by atoms with Gasteiger partial charge in [0.05, 0.1) is 32.3 Å². The quantitative estimate of drug-likeness (QED) is 0.330. The lowest BCUT2D eigenvalue weighted by atomic mass is 9.91. The Morgan fingerprint density at radius 2 is 1.64 bits per heavy atom. The minimum absolute atomic E-state index is 0.0912. The number of nitro groups is 1. The lowest BCUT2D eigenvalue weighted by molar-refractivity contribution is -0.385. The van der Waals surface area contributed by atoms with Gasteiger partial charge < -0.3 is 23.8 Å². The SMILES string of the molecule is COc1cc2c(cc1OC)[C@@H](COc1ccccc1OC)N(C(=O)c1ccc(C)c([N+](=O)[O-])c1)CC2. The highest BCUT2D eigenvalue weighted by Gasteiger charge is 2.34. The van der Waals surface area contributed by atoms with E-state index in [1.54, 1.807) is 57.4 Å². The van der Waals surface area contributed by atoms with Crippen LogP contribution in [-0.2, 0) is 6.42 Å². The van der Waals surface area contributed by atoms with Crippen LogP contribution < -0.4 is 18.9 Å². The molecule has 188 valence electrons. The zero-order valence-electron chi connectivity index (χ0n) is 20.6. The Morgan fingerprint density at radius 1 is 0.972 bits per heavy atom. The molecule has 1 heterocycles. The van der Waals surface area contributed by atoms with Gasteiger partial charge in [-0.25, -0.2) is 0 Å². The Bertz CT molecular complexity index is 1290. The smallest absolute Gasteiger partial charge is 0.273 e. The van der Waals surface area contributed by atoms with Crippen LogP contribution in [-0.4, -0.2) is 50.2 Å². The van der Waals surface area contributed by atoms with E-state index < -0.39 is 11.0 Å². The number of aryl methyl sites for hydroxylation is 1. The number of methoxy groups -OCH3 is 3. The lowest BCUT2D eigenvalue weighted by Gasteiger charge is -2.37. The second kappa shape index (κ2) is 10.6. The Labute approximate surface area is 209 Å². The van der Waals surface area contributed by atoms with Crippen LogP contribution in [0.5, 0.6) is 23.0 Å². The third-order valence-corrected chi connectivity index (χ3v) is 6.38. The Morgan fingerprint density at radius 3 is 2.31 bits per heavy atom. The van der Waals surface area contributed by atoms with Gasteiger partial charge in [0.1, 0.15) is 6.61 Å². The summed E-state index contributed by atoms with van der Waals surface area (Å²) in [4.78, 5) is 26.4. The third-order valence-electron chi connectivity index (χ3n) is 6.38. The fraction of sp³-hybridized carbons (Fsp3) is 0.296. The molecule has 0 N–H and O–H groups in total. The van der Waals surface area contributed by atoms with Gasteiger partial charge in [0.15, 0.2) is 23.0 Å². The summed E-state index contributed by atoms with van der Waals surface area (Å²) < 4.78 is 22.6. The number of nitro benzene ring substituents is 1. The maximum atomic E-state index is 13.7. The molecule has 0 unspecified atom stereocenters. The van der Waals surface area contributed by atoms with Gasteiger partial charge in [-0.3, -0.25) is 14.9 Å². The van der Waals surface area contributed by atoms with Crippen LogP contribution in [0.1, 0.15) is 33.1 Å². The van der Waals surface area contributed by atoms with Crippen molar-refractivity contribution in [2.75, 3.05) is 34.5 Å². The molecule has 1 atom stereocenters. The number of hydrogen-bond donors (Lipinski definition) is 0. The molecule has 1 aliphatic heterocycles. The zero-order valence-corrected chi connectivity index (χ0v) is 20.6. The molecule has 0 saturated heterocycles. The molecule has 9 heteroatoms. The Kier molecular flexibility index (Phi) is 7.28. The first kappa shape index (κ1) is 24.8. The first-order valence-electron chi connectivity index (χ1n) is 11.4. The summed E-state index contributed by atoms with van der Waals surface area (Å²) in [5.41, 5.74) is 2.53. The van der Waals surface area contributed by atoms with Crippen molar-refractivity contribution in [3.05, 3.63) is 87.0 Å².